The first-order valence-electron chi connectivity index (χ1n) is 4.43. The standard InChI is InChI=1S/C9H17F3O2/c1-6(5-13)7(9(10,11)12)14-8(2,3)4/h6-7,13H,5H2,1-4H3/t6-,7-/m0/s1. The Morgan fingerprint density at radius 1 is 1.21 bits per heavy atom. The van der Waals surface area contributed by atoms with Crippen molar-refractivity contribution in [2.24, 2.45) is 5.92 Å². The van der Waals surface area contributed by atoms with Crippen molar-refractivity contribution in [2.75, 3.05) is 6.61 Å². The first-order chi connectivity index (χ1) is 6.08. The number of rotatable bonds is 3. The van der Waals surface area contributed by atoms with Gasteiger partial charge in [-0.3, -0.25) is 0 Å². The van der Waals surface area contributed by atoms with Gasteiger partial charge in [-0.15, -0.1) is 0 Å². The summed E-state index contributed by atoms with van der Waals surface area (Å²) in [6, 6.07) is 0. The van der Waals surface area contributed by atoms with Crippen LogP contribution in [-0.2, 0) is 4.74 Å². The molecule has 86 valence electrons. The maximum atomic E-state index is 12.5. The Morgan fingerprint density at radius 3 is 1.86 bits per heavy atom. The Bertz CT molecular complexity index is 172. The van der Waals surface area contributed by atoms with E-state index in [1.54, 1.807) is 20.8 Å². The maximum absolute atomic E-state index is 12.5. The van der Waals surface area contributed by atoms with E-state index in [1.165, 1.54) is 6.92 Å². The van der Waals surface area contributed by atoms with Crippen LogP contribution in [0.1, 0.15) is 27.7 Å². The van der Waals surface area contributed by atoms with Crippen molar-refractivity contribution in [2.45, 2.75) is 45.6 Å². The van der Waals surface area contributed by atoms with E-state index >= 15 is 0 Å². The molecule has 1 N–H and O–H groups in total. The molecule has 0 fully saturated rings. The molecule has 0 aromatic carbocycles. The van der Waals surface area contributed by atoms with Crippen LogP contribution in [-0.4, -0.2) is 29.6 Å². The highest BCUT2D eigenvalue weighted by molar-refractivity contribution is 4.77. The number of halogens is 3. The fourth-order valence-corrected chi connectivity index (χ4v) is 0.982. The molecule has 0 bridgehead atoms. The lowest BCUT2D eigenvalue weighted by Crippen LogP contribution is -2.43. The van der Waals surface area contributed by atoms with Gasteiger partial charge in [0.1, 0.15) is 0 Å². The molecule has 5 heteroatoms. The third-order valence-corrected chi connectivity index (χ3v) is 1.61. The van der Waals surface area contributed by atoms with E-state index in [9.17, 15) is 13.2 Å². The second-order valence-corrected chi connectivity index (χ2v) is 4.35. The molecule has 0 aliphatic rings. The Balaban J connectivity index is 4.58. The van der Waals surface area contributed by atoms with Crippen LogP contribution in [0.25, 0.3) is 0 Å². The molecule has 0 rings (SSSR count). The van der Waals surface area contributed by atoms with E-state index in [1.807, 2.05) is 0 Å². The van der Waals surface area contributed by atoms with Crippen molar-refractivity contribution in [1.29, 1.82) is 0 Å². The molecule has 0 aliphatic carbocycles. The number of ether oxygens (including phenoxy) is 1. The maximum Gasteiger partial charge on any atom is 0.414 e. The summed E-state index contributed by atoms with van der Waals surface area (Å²) in [7, 11) is 0. The summed E-state index contributed by atoms with van der Waals surface area (Å²) in [6.07, 6.45) is -6.34. The molecule has 0 aliphatic heterocycles. The average Bonchev–Trinajstić information content (AvgIpc) is 1.95. The zero-order valence-electron chi connectivity index (χ0n) is 8.85. The van der Waals surface area contributed by atoms with E-state index in [4.69, 9.17) is 9.84 Å². The van der Waals surface area contributed by atoms with Crippen LogP contribution in [0, 0.1) is 5.92 Å². The largest absolute Gasteiger partial charge is 0.414 e. The minimum absolute atomic E-state index is 0.541. The number of aliphatic hydroxyl groups is 1. The summed E-state index contributed by atoms with van der Waals surface area (Å²) < 4.78 is 42.2. The van der Waals surface area contributed by atoms with Gasteiger partial charge in [0.15, 0.2) is 6.10 Å². The van der Waals surface area contributed by atoms with Crippen molar-refractivity contribution in [3.63, 3.8) is 0 Å². The van der Waals surface area contributed by atoms with Crippen LogP contribution in [0.3, 0.4) is 0 Å². The van der Waals surface area contributed by atoms with Crippen LogP contribution in [0.2, 0.25) is 0 Å². The van der Waals surface area contributed by atoms with Gasteiger partial charge in [0.25, 0.3) is 0 Å². The summed E-state index contributed by atoms with van der Waals surface area (Å²) in [5, 5.41) is 8.69. The molecule has 0 saturated heterocycles. The zero-order valence-corrected chi connectivity index (χ0v) is 8.85. The first kappa shape index (κ1) is 13.7. The van der Waals surface area contributed by atoms with Crippen LogP contribution in [0.15, 0.2) is 0 Å². The predicted octanol–water partition coefficient (Wildman–Crippen LogP) is 2.36. The summed E-state index contributed by atoms with van der Waals surface area (Å²) >= 11 is 0. The molecule has 0 spiro atoms. The van der Waals surface area contributed by atoms with Gasteiger partial charge < -0.3 is 9.84 Å². The highest BCUT2D eigenvalue weighted by Crippen LogP contribution is 2.31. The lowest BCUT2D eigenvalue weighted by molar-refractivity contribution is -0.262. The number of hydrogen-bond donors (Lipinski definition) is 1. The van der Waals surface area contributed by atoms with Crippen molar-refractivity contribution in [3.05, 3.63) is 0 Å². The van der Waals surface area contributed by atoms with Gasteiger partial charge in [-0.2, -0.15) is 13.2 Å². The second kappa shape index (κ2) is 4.49. The Kier molecular flexibility index (Phi) is 4.39. The van der Waals surface area contributed by atoms with E-state index in [0.29, 0.717) is 0 Å². The van der Waals surface area contributed by atoms with Gasteiger partial charge in [-0.25, -0.2) is 0 Å². The first-order valence-corrected chi connectivity index (χ1v) is 4.43. The molecule has 0 aromatic rings. The van der Waals surface area contributed by atoms with Gasteiger partial charge in [-0.1, -0.05) is 6.92 Å². The van der Waals surface area contributed by atoms with Crippen LogP contribution in [0.5, 0.6) is 0 Å². The lowest BCUT2D eigenvalue weighted by atomic mass is 10.0. The zero-order chi connectivity index (χ0) is 11.6. The molecule has 0 radical (unpaired) electrons. The third kappa shape index (κ3) is 4.81. The molecule has 0 amide bonds. The summed E-state index contributed by atoms with van der Waals surface area (Å²) in [6.45, 7) is 5.42. The molecule has 2 atom stereocenters. The Hall–Kier alpha value is -0.290. The Labute approximate surface area is 82.1 Å². The summed E-state index contributed by atoms with van der Waals surface area (Å²) in [5.74, 6) is -0.950. The van der Waals surface area contributed by atoms with Gasteiger partial charge in [0.2, 0.25) is 0 Å². The van der Waals surface area contributed by atoms with Crippen LogP contribution >= 0.6 is 0 Å². The van der Waals surface area contributed by atoms with Crippen molar-refractivity contribution < 1.29 is 23.0 Å². The molecule has 0 saturated carbocycles. The topological polar surface area (TPSA) is 29.5 Å². The molecular formula is C9H17F3O2. The van der Waals surface area contributed by atoms with E-state index in [-0.39, 0.29) is 0 Å². The summed E-state index contributed by atoms with van der Waals surface area (Å²) in [5.41, 5.74) is -0.871. The minimum atomic E-state index is -4.44. The quantitative estimate of drug-likeness (QED) is 0.781. The average molecular weight is 214 g/mol. The molecule has 0 unspecified atom stereocenters. The van der Waals surface area contributed by atoms with Gasteiger partial charge in [0.05, 0.1) is 5.60 Å². The lowest BCUT2D eigenvalue weighted by Gasteiger charge is -2.32. The molecule has 0 aromatic heterocycles. The Morgan fingerprint density at radius 2 is 1.64 bits per heavy atom. The number of hydrogen-bond acceptors (Lipinski definition) is 2. The van der Waals surface area contributed by atoms with Gasteiger partial charge >= 0.3 is 6.18 Å². The van der Waals surface area contributed by atoms with Gasteiger partial charge in [0, 0.05) is 12.5 Å². The highest BCUT2D eigenvalue weighted by atomic mass is 19.4. The van der Waals surface area contributed by atoms with Crippen molar-refractivity contribution in [1.82, 2.24) is 0 Å². The SMILES string of the molecule is C[C@@H](CO)[C@H](OC(C)(C)C)C(F)(F)F. The molecular weight excluding hydrogens is 197 g/mol. The van der Waals surface area contributed by atoms with Crippen molar-refractivity contribution in [3.8, 4) is 0 Å². The fourth-order valence-electron chi connectivity index (χ4n) is 0.982. The smallest absolute Gasteiger partial charge is 0.396 e. The van der Waals surface area contributed by atoms with Crippen molar-refractivity contribution >= 4 is 0 Å². The monoisotopic (exact) mass is 214 g/mol. The number of aliphatic hydroxyl groups excluding tert-OH is 1. The number of alkyl halides is 3. The fraction of sp³-hybridized carbons (Fsp3) is 1.00. The predicted molar refractivity (Wildman–Crippen MR) is 46.9 cm³/mol. The molecule has 0 heterocycles. The van der Waals surface area contributed by atoms with E-state index in [2.05, 4.69) is 0 Å². The molecule has 2 nitrogen and oxygen atoms in total. The van der Waals surface area contributed by atoms with E-state index < -0.39 is 30.4 Å². The normalized spacial score (nSPS) is 18.0. The summed E-state index contributed by atoms with van der Waals surface area (Å²) in [4.78, 5) is 0. The third-order valence-electron chi connectivity index (χ3n) is 1.61. The molecule has 14 heavy (non-hydrogen) atoms. The second-order valence-electron chi connectivity index (χ2n) is 4.35. The minimum Gasteiger partial charge on any atom is -0.396 e. The van der Waals surface area contributed by atoms with Crippen LogP contribution < -0.4 is 0 Å². The van der Waals surface area contributed by atoms with Gasteiger partial charge in [-0.05, 0) is 20.8 Å². The van der Waals surface area contributed by atoms with E-state index in [0.717, 1.165) is 0 Å². The van der Waals surface area contributed by atoms with Crippen LogP contribution in [0.4, 0.5) is 13.2 Å². The highest BCUT2D eigenvalue weighted by Gasteiger charge is 2.45.